The van der Waals surface area contributed by atoms with Crippen LogP contribution >= 0.6 is 0 Å². The van der Waals surface area contributed by atoms with E-state index in [1.54, 1.807) is 0 Å². The van der Waals surface area contributed by atoms with Crippen molar-refractivity contribution in [3.63, 3.8) is 0 Å². The molecule has 4 N–H and O–H groups in total. The van der Waals surface area contributed by atoms with Crippen molar-refractivity contribution in [1.29, 1.82) is 0 Å². The fourth-order valence-corrected chi connectivity index (χ4v) is 11.9. The zero-order valence-corrected chi connectivity index (χ0v) is 26.9. The monoisotopic (exact) mass is 588 g/mol. The van der Waals surface area contributed by atoms with E-state index in [1.165, 1.54) is 5.57 Å². The van der Waals surface area contributed by atoms with Crippen LogP contribution in [0, 0.1) is 56.7 Å². The second kappa shape index (κ2) is 10.0. The second-order valence-electron chi connectivity index (χ2n) is 16.8. The van der Waals surface area contributed by atoms with Gasteiger partial charge < -0.3 is 29.9 Å². The molecule has 7 nitrogen and oxygen atoms in total. The van der Waals surface area contributed by atoms with E-state index in [0.717, 1.165) is 57.8 Å². The van der Waals surface area contributed by atoms with Crippen molar-refractivity contribution < 1.29 is 34.7 Å². The SMILES string of the molecule is C[C@@H]1CC[C@]2(C(=O)O[C@@H]3OC[C@H](O)[C@H](O)[C@H]3O)CC[C@]3(C)C(=CC[C@@H]4[C@@]5(C)CC[C@H](O)C(C)(C)[C@@H]5CC[C@]43C)C2[C@H]1C. The molecule has 238 valence electrons. The van der Waals surface area contributed by atoms with Gasteiger partial charge in [0.15, 0.2) is 0 Å². The van der Waals surface area contributed by atoms with Gasteiger partial charge in [-0.2, -0.15) is 0 Å². The van der Waals surface area contributed by atoms with Gasteiger partial charge in [-0.05, 0) is 109 Å². The summed E-state index contributed by atoms with van der Waals surface area (Å²) in [7, 11) is 0. The van der Waals surface area contributed by atoms with Crippen LogP contribution in [0.2, 0.25) is 0 Å². The summed E-state index contributed by atoms with van der Waals surface area (Å²) >= 11 is 0. The van der Waals surface area contributed by atoms with Gasteiger partial charge in [0.05, 0.1) is 18.1 Å². The Bertz CT molecular complexity index is 1120. The minimum atomic E-state index is -1.48. The first-order chi connectivity index (χ1) is 19.5. The maximum Gasteiger partial charge on any atom is 0.315 e. The molecule has 0 amide bonds. The van der Waals surface area contributed by atoms with Gasteiger partial charge >= 0.3 is 5.97 Å². The molecular weight excluding hydrogens is 532 g/mol. The highest BCUT2D eigenvalue weighted by Gasteiger charge is 2.69. The molecule has 0 bridgehead atoms. The summed E-state index contributed by atoms with van der Waals surface area (Å²) in [6, 6.07) is 0. The molecule has 0 aromatic heterocycles. The van der Waals surface area contributed by atoms with Gasteiger partial charge in [0.25, 0.3) is 0 Å². The summed E-state index contributed by atoms with van der Waals surface area (Å²) in [6.45, 7) is 16.6. The normalized spacial score (nSPS) is 55.3. The number of rotatable bonds is 2. The molecule has 1 heterocycles. The lowest BCUT2D eigenvalue weighted by Crippen LogP contribution is -2.65. The van der Waals surface area contributed by atoms with Crippen molar-refractivity contribution in [3.8, 4) is 0 Å². The third-order valence-electron chi connectivity index (χ3n) is 15.1. The van der Waals surface area contributed by atoms with Crippen molar-refractivity contribution in [2.75, 3.05) is 6.61 Å². The minimum absolute atomic E-state index is 0.0367. The number of aliphatic hydroxyl groups is 4. The fourth-order valence-electron chi connectivity index (χ4n) is 11.9. The van der Waals surface area contributed by atoms with E-state index < -0.39 is 30.0 Å². The van der Waals surface area contributed by atoms with Crippen molar-refractivity contribution in [1.82, 2.24) is 0 Å². The number of ether oxygens (including phenoxy) is 2. The van der Waals surface area contributed by atoms with Crippen molar-refractivity contribution >= 4 is 5.97 Å². The smallest absolute Gasteiger partial charge is 0.315 e. The fraction of sp³-hybridized carbons (Fsp3) is 0.914. The highest BCUT2D eigenvalue weighted by atomic mass is 16.7. The second-order valence-corrected chi connectivity index (χ2v) is 16.8. The number of allylic oxidation sites excluding steroid dienone is 2. The van der Waals surface area contributed by atoms with Gasteiger partial charge in [-0.3, -0.25) is 4.79 Å². The van der Waals surface area contributed by atoms with Crippen LogP contribution in [0.5, 0.6) is 0 Å². The van der Waals surface area contributed by atoms with Crippen LogP contribution in [-0.4, -0.2) is 63.7 Å². The summed E-state index contributed by atoms with van der Waals surface area (Å²) < 4.78 is 11.5. The largest absolute Gasteiger partial charge is 0.432 e. The Morgan fingerprint density at radius 3 is 2.31 bits per heavy atom. The molecule has 5 aliphatic carbocycles. The predicted octanol–water partition coefficient (Wildman–Crippen LogP) is 4.99. The lowest BCUT2D eigenvalue weighted by molar-refractivity contribution is -0.270. The average Bonchev–Trinajstić information content (AvgIpc) is 2.93. The standard InChI is InChI=1S/C35H56O7/c1-19-10-15-35(30(40)42-29-28(39)27(38)22(36)18-41-29)17-16-33(6)21(26(35)20(19)2)8-9-24-32(5)13-12-25(37)31(3,4)23(32)11-14-34(24,33)7/h8,19-20,22-29,36-39H,9-18H2,1-7H3/t19-,20+,22+,23+,24-,25+,26?,27+,28-,29+,32+,33-,34-,35+/m1/s1. The first-order valence-corrected chi connectivity index (χ1v) is 16.8. The molecule has 4 saturated carbocycles. The summed E-state index contributed by atoms with van der Waals surface area (Å²) in [5, 5.41) is 41.7. The van der Waals surface area contributed by atoms with Gasteiger partial charge in [-0.25, -0.2) is 0 Å². The molecule has 1 saturated heterocycles. The number of fused-ring (bicyclic) bond motifs is 7. The molecule has 1 unspecified atom stereocenters. The van der Waals surface area contributed by atoms with Crippen molar-refractivity contribution in [2.24, 2.45) is 56.7 Å². The molecule has 0 radical (unpaired) electrons. The molecule has 6 aliphatic rings. The van der Waals surface area contributed by atoms with E-state index in [1.807, 2.05) is 0 Å². The highest BCUT2D eigenvalue weighted by Crippen LogP contribution is 2.75. The summed E-state index contributed by atoms with van der Waals surface area (Å²) in [6.07, 6.45) is 5.47. The number of esters is 1. The number of carbonyl (C=O) groups excluding carboxylic acids is 1. The molecule has 5 fully saturated rings. The Morgan fingerprint density at radius 2 is 1.60 bits per heavy atom. The zero-order valence-electron chi connectivity index (χ0n) is 26.9. The summed E-state index contributed by atoms with van der Waals surface area (Å²) in [5.74, 6) is 1.53. The van der Waals surface area contributed by atoms with Crippen LogP contribution in [0.4, 0.5) is 0 Å². The topological polar surface area (TPSA) is 116 Å². The zero-order chi connectivity index (χ0) is 30.6. The third-order valence-corrected chi connectivity index (χ3v) is 15.1. The van der Waals surface area contributed by atoms with Crippen LogP contribution in [0.25, 0.3) is 0 Å². The van der Waals surface area contributed by atoms with E-state index in [0.29, 0.717) is 23.7 Å². The van der Waals surface area contributed by atoms with E-state index in [9.17, 15) is 25.2 Å². The van der Waals surface area contributed by atoms with Crippen LogP contribution in [0.15, 0.2) is 11.6 Å². The Morgan fingerprint density at radius 1 is 0.881 bits per heavy atom. The number of hydrogen-bond donors (Lipinski definition) is 4. The van der Waals surface area contributed by atoms with Crippen LogP contribution in [-0.2, 0) is 14.3 Å². The molecule has 1 aliphatic heterocycles. The maximum atomic E-state index is 14.3. The lowest BCUT2D eigenvalue weighted by Gasteiger charge is -2.71. The molecule has 6 rings (SSSR count). The average molecular weight is 589 g/mol. The van der Waals surface area contributed by atoms with E-state index in [-0.39, 0.29) is 46.3 Å². The van der Waals surface area contributed by atoms with E-state index in [4.69, 9.17) is 9.47 Å². The Labute approximate surface area is 252 Å². The predicted molar refractivity (Wildman–Crippen MR) is 159 cm³/mol. The first kappa shape index (κ1) is 31.0. The molecular formula is C35H56O7. The van der Waals surface area contributed by atoms with Gasteiger partial charge in [0.2, 0.25) is 6.29 Å². The lowest BCUT2D eigenvalue weighted by atomic mass is 9.33. The van der Waals surface area contributed by atoms with E-state index >= 15 is 0 Å². The molecule has 7 heteroatoms. The van der Waals surface area contributed by atoms with Gasteiger partial charge in [0.1, 0.15) is 18.3 Å². The Hall–Kier alpha value is -0.990. The number of hydrogen-bond acceptors (Lipinski definition) is 7. The minimum Gasteiger partial charge on any atom is -0.432 e. The van der Waals surface area contributed by atoms with Gasteiger partial charge in [0, 0.05) is 0 Å². The number of carbonyl (C=O) groups is 1. The molecule has 42 heavy (non-hydrogen) atoms. The van der Waals surface area contributed by atoms with Crippen LogP contribution in [0.3, 0.4) is 0 Å². The van der Waals surface area contributed by atoms with Crippen molar-refractivity contribution in [3.05, 3.63) is 11.6 Å². The molecule has 0 aromatic rings. The summed E-state index contributed by atoms with van der Waals surface area (Å²) in [4.78, 5) is 14.3. The molecule has 0 spiro atoms. The Kier molecular flexibility index (Phi) is 7.39. The maximum absolute atomic E-state index is 14.3. The first-order valence-electron chi connectivity index (χ1n) is 16.8. The van der Waals surface area contributed by atoms with Crippen molar-refractivity contribution in [2.45, 2.75) is 137 Å². The molecule has 14 atom stereocenters. The quantitative estimate of drug-likeness (QED) is 0.265. The van der Waals surface area contributed by atoms with Crippen LogP contribution in [0.1, 0.15) is 106 Å². The highest BCUT2D eigenvalue weighted by molar-refractivity contribution is 5.79. The van der Waals surface area contributed by atoms with Crippen LogP contribution < -0.4 is 0 Å². The number of aliphatic hydroxyl groups excluding tert-OH is 4. The van der Waals surface area contributed by atoms with Gasteiger partial charge in [-0.1, -0.05) is 60.1 Å². The van der Waals surface area contributed by atoms with E-state index in [2.05, 4.69) is 54.5 Å². The molecule has 0 aromatic carbocycles. The summed E-state index contributed by atoms with van der Waals surface area (Å²) in [5.41, 5.74) is 0.891. The third kappa shape index (κ3) is 3.98. The Balaban J connectivity index is 1.37. The van der Waals surface area contributed by atoms with Gasteiger partial charge in [-0.15, -0.1) is 0 Å².